The third-order valence-corrected chi connectivity index (χ3v) is 8.05. The predicted molar refractivity (Wildman–Crippen MR) is 102 cm³/mol. The van der Waals surface area contributed by atoms with E-state index in [1.807, 2.05) is 0 Å². The van der Waals surface area contributed by atoms with E-state index in [1.54, 1.807) is 5.20 Å². The van der Waals surface area contributed by atoms with Gasteiger partial charge in [0.25, 0.3) is 0 Å². The number of hydrogen-bond donors (Lipinski definition) is 1. The second-order valence-corrected chi connectivity index (χ2v) is 11.4. The van der Waals surface area contributed by atoms with Crippen molar-refractivity contribution in [3.05, 3.63) is 56.7 Å². The van der Waals surface area contributed by atoms with E-state index in [0.29, 0.717) is 0 Å². The van der Waals surface area contributed by atoms with Gasteiger partial charge in [0.1, 0.15) is 0 Å². The maximum absolute atomic E-state index is 3.96. The molecule has 1 aromatic carbocycles. The van der Waals surface area contributed by atoms with Crippen LogP contribution in [-0.2, 0) is 0 Å². The molecule has 2 heteroatoms. The van der Waals surface area contributed by atoms with Crippen molar-refractivity contribution >= 4 is 13.9 Å². The van der Waals surface area contributed by atoms with Crippen LogP contribution in [0.25, 0.3) is 0 Å². The molecule has 0 atom stereocenters. The van der Waals surface area contributed by atoms with Gasteiger partial charge < -0.3 is 4.98 Å². The van der Waals surface area contributed by atoms with Gasteiger partial charge in [0.15, 0.2) is 8.24 Å². The summed E-state index contributed by atoms with van der Waals surface area (Å²) in [7, 11) is -1.75. The van der Waals surface area contributed by atoms with Gasteiger partial charge in [-0.2, -0.15) is 0 Å². The summed E-state index contributed by atoms with van der Waals surface area (Å²) < 4.78 is 0. The van der Waals surface area contributed by atoms with Crippen LogP contribution in [-0.4, -0.2) is 8.24 Å². The Morgan fingerprint density at radius 2 is 1.23 bits per heavy atom. The van der Waals surface area contributed by atoms with Crippen LogP contribution in [0.3, 0.4) is 0 Å². The van der Waals surface area contributed by atoms with Crippen LogP contribution in [0.15, 0.2) is 34.0 Å². The molecule has 22 heavy (non-hydrogen) atoms. The Bertz CT molecular complexity index is 654. The van der Waals surface area contributed by atoms with Crippen molar-refractivity contribution in [3.63, 3.8) is 0 Å². The highest BCUT2D eigenvalue weighted by Crippen LogP contribution is 2.42. The average molecular weight is 313 g/mol. The first-order valence-electron chi connectivity index (χ1n) is 8.15. The highest BCUT2D eigenvalue weighted by atomic mass is 28.3. The second-order valence-electron chi connectivity index (χ2n) is 7.40. The number of aryl methyl sites for hydroxylation is 3. The number of nitrogens with one attached hydrogen (secondary N) is 1. The summed E-state index contributed by atoms with van der Waals surface area (Å²) in [5.41, 5.74) is 9.82. The van der Waals surface area contributed by atoms with Gasteiger partial charge in [-0.1, -0.05) is 41.3 Å². The third-order valence-electron chi connectivity index (χ3n) is 5.18. The molecule has 0 bridgehead atoms. The zero-order valence-corrected chi connectivity index (χ0v) is 16.7. The molecule has 1 radical (unpaired) electrons. The minimum absolute atomic E-state index is 1.33. The molecule has 1 nitrogen and oxygen atoms in total. The van der Waals surface area contributed by atoms with E-state index >= 15 is 0 Å². The molecule has 0 unspecified atom stereocenters. The minimum atomic E-state index is -1.75. The van der Waals surface area contributed by atoms with Gasteiger partial charge in [0.2, 0.25) is 0 Å². The maximum atomic E-state index is 3.96. The molecule has 0 fully saturated rings. The van der Waals surface area contributed by atoms with Crippen molar-refractivity contribution in [2.75, 3.05) is 4.98 Å². The zero-order chi connectivity index (χ0) is 16.8. The molecule has 1 aliphatic rings. The van der Waals surface area contributed by atoms with E-state index < -0.39 is 8.24 Å². The van der Waals surface area contributed by atoms with Crippen LogP contribution < -0.4 is 4.98 Å². The first-order valence-corrected chi connectivity index (χ1v) is 11.2. The molecule has 1 N–H and O–H groups in total. The van der Waals surface area contributed by atoms with E-state index in [9.17, 15) is 0 Å². The minimum Gasteiger partial charge on any atom is -0.407 e. The molecule has 119 valence electrons. The number of anilines is 1. The van der Waals surface area contributed by atoms with Gasteiger partial charge in [-0.05, 0) is 71.0 Å². The van der Waals surface area contributed by atoms with E-state index in [1.165, 1.54) is 45.0 Å². The summed E-state index contributed by atoms with van der Waals surface area (Å²) in [6.45, 7) is 20.6. The van der Waals surface area contributed by atoms with Crippen molar-refractivity contribution in [3.8, 4) is 0 Å². The second kappa shape index (κ2) is 5.73. The fourth-order valence-corrected chi connectivity index (χ4v) is 7.30. The summed E-state index contributed by atoms with van der Waals surface area (Å²) in [6, 6.07) is 4.56. The monoisotopic (exact) mass is 312 g/mol. The van der Waals surface area contributed by atoms with Gasteiger partial charge in [-0.25, -0.2) is 0 Å². The first-order chi connectivity index (χ1) is 10.1. The lowest BCUT2D eigenvalue weighted by atomic mass is 10.0. The zero-order valence-electron chi connectivity index (χ0n) is 15.7. The Kier molecular flexibility index (Phi) is 4.45. The van der Waals surface area contributed by atoms with Crippen LogP contribution in [0, 0.1) is 26.7 Å². The number of benzene rings is 1. The topological polar surface area (TPSA) is 12.0 Å². The lowest BCUT2D eigenvalue weighted by Gasteiger charge is -2.31. The average Bonchev–Trinajstić information content (AvgIpc) is 2.58. The standard InChI is InChI=1S/C20H30NSi/c1-12-10-13(2)19(14(3)11-12)21-22(8,9)20-17(6)15(4)16(5)18(20)7/h10-11,21H,1-9H3. The summed E-state index contributed by atoms with van der Waals surface area (Å²) in [4.78, 5) is 3.96. The number of hydrogen-bond acceptors (Lipinski definition) is 1. The Morgan fingerprint density at radius 1 is 0.727 bits per heavy atom. The Hall–Kier alpha value is -1.28. The maximum Gasteiger partial charge on any atom is 0.179 e. The summed E-state index contributed by atoms with van der Waals surface area (Å²) >= 11 is 0. The Balaban J connectivity index is 2.46. The van der Waals surface area contributed by atoms with Crippen LogP contribution in [0.5, 0.6) is 0 Å². The fourth-order valence-electron chi connectivity index (χ4n) is 3.91. The first kappa shape index (κ1) is 17.1. The number of rotatable bonds is 3. The van der Waals surface area contributed by atoms with Crippen molar-refractivity contribution in [2.24, 2.45) is 0 Å². The molecule has 0 aliphatic heterocycles. The Morgan fingerprint density at radius 3 is 1.64 bits per heavy atom. The van der Waals surface area contributed by atoms with Crippen LogP contribution in [0.2, 0.25) is 13.1 Å². The molecule has 1 aliphatic carbocycles. The van der Waals surface area contributed by atoms with Gasteiger partial charge in [-0.15, -0.1) is 0 Å². The smallest absolute Gasteiger partial charge is 0.179 e. The highest BCUT2D eigenvalue weighted by molar-refractivity contribution is 6.88. The van der Waals surface area contributed by atoms with Gasteiger partial charge in [0, 0.05) is 11.6 Å². The normalized spacial score (nSPS) is 16.8. The molecule has 0 saturated heterocycles. The van der Waals surface area contributed by atoms with E-state index in [2.05, 4.69) is 78.7 Å². The molecule has 2 rings (SSSR count). The summed E-state index contributed by atoms with van der Waals surface area (Å²) in [5, 5.41) is 1.59. The fraction of sp³-hybridized carbons (Fsp3) is 0.450. The third kappa shape index (κ3) is 2.81. The predicted octanol–water partition coefficient (Wildman–Crippen LogP) is 6.03. The molecular weight excluding hydrogens is 282 g/mol. The largest absolute Gasteiger partial charge is 0.407 e. The summed E-state index contributed by atoms with van der Waals surface area (Å²) in [6.07, 6.45) is 0. The van der Waals surface area contributed by atoms with Crippen LogP contribution in [0.4, 0.5) is 5.69 Å². The molecule has 0 spiro atoms. The molecule has 0 amide bonds. The van der Waals surface area contributed by atoms with Gasteiger partial charge in [-0.3, -0.25) is 0 Å². The van der Waals surface area contributed by atoms with Crippen molar-refractivity contribution in [1.29, 1.82) is 0 Å². The SMILES string of the molecule is C[C]1C(C)=C(C)C([Si](C)(C)Nc2c(C)cc(C)cc2C)=C1C. The van der Waals surface area contributed by atoms with E-state index in [4.69, 9.17) is 0 Å². The molecule has 0 saturated carbocycles. The van der Waals surface area contributed by atoms with Crippen molar-refractivity contribution in [1.82, 2.24) is 0 Å². The molecule has 0 aromatic heterocycles. The lowest BCUT2D eigenvalue weighted by molar-refractivity contribution is 1.14. The van der Waals surface area contributed by atoms with Gasteiger partial charge in [0.05, 0.1) is 0 Å². The van der Waals surface area contributed by atoms with Crippen molar-refractivity contribution < 1.29 is 0 Å². The quantitative estimate of drug-likeness (QED) is 0.672. The Labute approximate surface area is 137 Å². The van der Waals surface area contributed by atoms with Crippen LogP contribution >= 0.6 is 0 Å². The highest BCUT2D eigenvalue weighted by Gasteiger charge is 2.36. The van der Waals surface area contributed by atoms with Crippen molar-refractivity contribution in [2.45, 2.75) is 61.6 Å². The van der Waals surface area contributed by atoms with Gasteiger partial charge >= 0.3 is 0 Å². The molecular formula is C20H30NSi. The van der Waals surface area contributed by atoms with E-state index in [0.717, 1.165) is 0 Å². The molecule has 1 aromatic rings. The van der Waals surface area contributed by atoms with Crippen LogP contribution in [0.1, 0.15) is 44.4 Å². The number of allylic oxidation sites excluding steroid dienone is 4. The molecule has 0 heterocycles. The summed E-state index contributed by atoms with van der Waals surface area (Å²) in [5.74, 6) is 1.47. The van der Waals surface area contributed by atoms with E-state index in [-0.39, 0.29) is 0 Å². The lowest BCUT2D eigenvalue weighted by Crippen LogP contribution is -2.41.